The highest BCUT2D eigenvalue weighted by molar-refractivity contribution is 6.31. The van der Waals surface area contributed by atoms with Crippen molar-refractivity contribution in [2.75, 3.05) is 7.11 Å². The zero-order valence-corrected chi connectivity index (χ0v) is 12.2. The van der Waals surface area contributed by atoms with Gasteiger partial charge >= 0.3 is 0 Å². The molecule has 0 radical (unpaired) electrons. The van der Waals surface area contributed by atoms with Gasteiger partial charge in [0.1, 0.15) is 11.6 Å². The minimum absolute atomic E-state index is 0.349. The number of ether oxygens (including phenoxy) is 1. The molecule has 1 aromatic carbocycles. The molecule has 0 aliphatic heterocycles. The van der Waals surface area contributed by atoms with E-state index in [2.05, 4.69) is 10.2 Å². The van der Waals surface area contributed by atoms with E-state index in [1.165, 1.54) is 0 Å². The lowest BCUT2D eigenvalue weighted by molar-refractivity contribution is 0.412. The molecule has 0 unspecified atom stereocenters. The molecule has 4 nitrogen and oxygen atoms in total. The molecule has 6 heteroatoms. The van der Waals surface area contributed by atoms with Crippen molar-refractivity contribution in [3.8, 4) is 11.4 Å². The van der Waals surface area contributed by atoms with Gasteiger partial charge in [0.05, 0.1) is 12.8 Å². The molecule has 3 rings (SSSR count). The summed E-state index contributed by atoms with van der Waals surface area (Å²) in [5.41, 5.74) is 1.80. The van der Waals surface area contributed by atoms with Crippen molar-refractivity contribution in [3.05, 3.63) is 33.8 Å². The quantitative estimate of drug-likeness (QED) is 0.866. The second-order valence-corrected chi connectivity index (χ2v) is 5.46. The van der Waals surface area contributed by atoms with E-state index >= 15 is 0 Å². The van der Waals surface area contributed by atoms with Gasteiger partial charge in [0, 0.05) is 17.0 Å². The van der Waals surface area contributed by atoms with Crippen molar-refractivity contribution >= 4 is 23.2 Å². The van der Waals surface area contributed by atoms with Crippen molar-refractivity contribution in [1.29, 1.82) is 0 Å². The van der Waals surface area contributed by atoms with Crippen LogP contribution < -0.4 is 4.74 Å². The average molecular weight is 298 g/mol. The number of halogens is 2. The molecule has 2 aromatic rings. The highest BCUT2D eigenvalue weighted by Gasteiger charge is 2.31. The first-order valence-corrected chi connectivity index (χ1v) is 6.82. The topological polar surface area (TPSA) is 39.9 Å². The van der Waals surface area contributed by atoms with Crippen LogP contribution >= 0.6 is 23.2 Å². The Morgan fingerprint density at radius 3 is 2.63 bits per heavy atom. The minimum Gasteiger partial charge on any atom is -0.495 e. The summed E-state index contributed by atoms with van der Waals surface area (Å²) in [4.78, 5) is 0. The molecule has 1 aliphatic rings. The Morgan fingerprint density at radius 1 is 1.26 bits per heavy atom. The summed E-state index contributed by atoms with van der Waals surface area (Å²) < 4.78 is 7.24. The van der Waals surface area contributed by atoms with Crippen molar-refractivity contribution < 1.29 is 4.74 Å². The number of benzene rings is 1. The monoisotopic (exact) mass is 297 g/mol. The molecule has 19 heavy (non-hydrogen) atoms. The van der Waals surface area contributed by atoms with Gasteiger partial charge in [-0.05, 0) is 43.0 Å². The number of nitrogens with zero attached hydrogens (tertiary/aromatic N) is 3. The fourth-order valence-corrected chi connectivity index (χ4v) is 2.46. The predicted molar refractivity (Wildman–Crippen MR) is 74.6 cm³/mol. The lowest BCUT2D eigenvalue weighted by Crippen LogP contribution is -2.03. The highest BCUT2D eigenvalue weighted by atomic mass is 35.5. The highest BCUT2D eigenvalue weighted by Crippen LogP contribution is 2.42. The Kier molecular flexibility index (Phi) is 3.15. The van der Waals surface area contributed by atoms with Crippen LogP contribution in [0.15, 0.2) is 12.1 Å². The molecule has 0 bridgehead atoms. The molecular formula is C13H13Cl2N3O. The number of hydrogen-bond acceptors (Lipinski definition) is 3. The molecule has 0 saturated heterocycles. The first kappa shape index (κ1) is 12.8. The number of methoxy groups -OCH3 is 1. The molecular weight excluding hydrogens is 285 g/mol. The lowest BCUT2D eigenvalue weighted by Gasteiger charge is -2.13. The second kappa shape index (κ2) is 4.69. The van der Waals surface area contributed by atoms with Gasteiger partial charge in [-0.25, -0.2) is 0 Å². The maximum absolute atomic E-state index is 6.17. The Hall–Kier alpha value is -1.26. The summed E-state index contributed by atoms with van der Waals surface area (Å²) >= 11 is 12.3. The second-order valence-electron chi connectivity index (χ2n) is 4.71. The number of aromatic nitrogens is 3. The first-order chi connectivity index (χ1) is 9.11. The SMILES string of the molecule is COc1cc(Cl)c(C)cc1-n1c(Cl)nnc1C1CC1. The van der Waals surface area contributed by atoms with Gasteiger partial charge in [-0.1, -0.05) is 11.6 Å². The van der Waals surface area contributed by atoms with Gasteiger partial charge in [-0.15, -0.1) is 10.2 Å². The third-order valence-electron chi connectivity index (χ3n) is 3.29. The molecule has 0 amide bonds. The molecule has 0 N–H and O–H groups in total. The van der Waals surface area contributed by atoms with Crippen LogP contribution in [0.25, 0.3) is 5.69 Å². The number of aryl methyl sites for hydroxylation is 1. The lowest BCUT2D eigenvalue weighted by atomic mass is 10.2. The van der Waals surface area contributed by atoms with E-state index < -0.39 is 0 Å². The van der Waals surface area contributed by atoms with Crippen LogP contribution in [0, 0.1) is 6.92 Å². The maximum atomic E-state index is 6.17. The number of hydrogen-bond donors (Lipinski definition) is 0. The van der Waals surface area contributed by atoms with E-state index in [9.17, 15) is 0 Å². The molecule has 1 fully saturated rings. The summed E-state index contributed by atoms with van der Waals surface area (Å²) in [7, 11) is 1.61. The predicted octanol–water partition coefficient (Wildman–Crippen LogP) is 3.77. The summed E-state index contributed by atoms with van der Waals surface area (Å²) in [6.45, 7) is 1.94. The van der Waals surface area contributed by atoms with E-state index in [0.717, 1.165) is 29.9 Å². The smallest absolute Gasteiger partial charge is 0.229 e. The zero-order chi connectivity index (χ0) is 13.6. The largest absolute Gasteiger partial charge is 0.495 e. The van der Waals surface area contributed by atoms with E-state index in [0.29, 0.717) is 22.0 Å². The standard InChI is InChI=1S/C13H13Cl2N3O/c1-7-5-10(11(19-2)6-9(7)14)18-12(8-3-4-8)16-17-13(18)15/h5-6,8H,3-4H2,1-2H3. The average Bonchev–Trinajstić information content (AvgIpc) is 3.16. The van der Waals surface area contributed by atoms with Gasteiger partial charge < -0.3 is 4.74 Å². The third kappa shape index (κ3) is 2.19. The summed E-state index contributed by atoms with van der Waals surface area (Å²) in [5, 5.41) is 9.16. The van der Waals surface area contributed by atoms with Crippen LogP contribution in [0.5, 0.6) is 5.75 Å². The van der Waals surface area contributed by atoms with Crippen molar-refractivity contribution in [3.63, 3.8) is 0 Å². The van der Waals surface area contributed by atoms with Gasteiger partial charge in [0.2, 0.25) is 5.28 Å². The Morgan fingerprint density at radius 2 is 2.00 bits per heavy atom. The van der Waals surface area contributed by atoms with Crippen LogP contribution in [0.1, 0.15) is 30.1 Å². The van der Waals surface area contributed by atoms with Gasteiger partial charge in [-0.3, -0.25) is 4.57 Å². The van der Waals surface area contributed by atoms with Crippen molar-refractivity contribution in [2.45, 2.75) is 25.7 Å². The third-order valence-corrected chi connectivity index (χ3v) is 3.94. The van der Waals surface area contributed by atoms with Crippen molar-refractivity contribution in [1.82, 2.24) is 14.8 Å². The fraction of sp³-hybridized carbons (Fsp3) is 0.385. The molecule has 0 spiro atoms. The van der Waals surface area contributed by atoms with Crippen LogP contribution in [-0.4, -0.2) is 21.9 Å². The number of rotatable bonds is 3. The van der Waals surface area contributed by atoms with Gasteiger partial charge in [-0.2, -0.15) is 0 Å². The molecule has 0 atom stereocenters. The normalized spacial score (nSPS) is 14.7. The first-order valence-electron chi connectivity index (χ1n) is 6.07. The van der Waals surface area contributed by atoms with E-state index in [1.54, 1.807) is 13.2 Å². The summed E-state index contributed by atoms with van der Waals surface area (Å²) in [5.74, 6) is 2.00. The van der Waals surface area contributed by atoms with Gasteiger partial charge in [0.15, 0.2) is 0 Å². The summed E-state index contributed by atoms with van der Waals surface area (Å²) in [6.07, 6.45) is 2.26. The zero-order valence-electron chi connectivity index (χ0n) is 10.7. The van der Waals surface area contributed by atoms with Crippen LogP contribution in [-0.2, 0) is 0 Å². The van der Waals surface area contributed by atoms with Crippen LogP contribution in [0.2, 0.25) is 10.3 Å². The Balaban J connectivity index is 2.21. The summed E-state index contributed by atoms with van der Waals surface area (Å²) in [6, 6.07) is 3.74. The van der Waals surface area contributed by atoms with Crippen LogP contribution in [0.4, 0.5) is 0 Å². The Bertz CT molecular complexity index is 635. The molecule has 1 heterocycles. The van der Waals surface area contributed by atoms with E-state index in [1.807, 2.05) is 17.6 Å². The van der Waals surface area contributed by atoms with Crippen molar-refractivity contribution in [2.24, 2.45) is 0 Å². The molecule has 100 valence electrons. The molecule has 1 aliphatic carbocycles. The van der Waals surface area contributed by atoms with E-state index in [-0.39, 0.29) is 0 Å². The van der Waals surface area contributed by atoms with E-state index in [4.69, 9.17) is 27.9 Å². The minimum atomic E-state index is 0.349. The van der Waals surface area contributed by atoms with Crippen LogP contribution in [0.3, 0.4) is 0 Å². The fourth-order valence-electron chi connectivity index (χ4n) is 2.09. The van der Waals surface area contributed by atoms with Gasteiger partial charge in [0.25, 0.3) is 0 Å². The maximum Gasteiger partial charge on any atom is 0.229 e. The molecule has 1 aromatic heterocycles. The Labute approximate surface area is 121 Å². The molecule has 1 saturated carbocycles.